The van der Waals surface area contributed by atoms with Gasteiger partial charge in [0.15, 0.2) is 5.82 Å². The fourth-order valence-electron chi connectivity index (χ4n) is 4.66. The Labute approximate surface area is 191 Å². The van der Waals surface area contributed by atoms with Crippen LogP contribution < -0.4 is 10.1 Å². The van der Waals surface area contributed by atoms with Crippen molar-refractivity contribution in [2.75, 3.05) is 26.2 Å². The Hall–Kier alpha value is -3.25. The summed E-state index contributed by atoms with van der Waals surface area (Å²) >= 11 is 0. The molecule has 12 heteroatoms. The van der Waals surface area contributed by atoms with E-state index in [0.29, 0.717) is 24.1 Å². The summed E-state index contributed by atoms with van der Waals surface area (Å²) in [6, 6.07) is 3.87. The molecular weight excluding hydrogens is 424 g/mol. The SMILES string of the molecule is O=CC(C1CCNCC1)N1CCC(n2ncc(COc3ccc(-n4cnnn4)nc3)n2)CC1. The average Bonchev–Trinajstić information content (AvgIpc) is 3.58. The molecule has 0 bridgehead atoms. The van der Waals surface area contributed by atoms with Crippen LogP contribution in [0.2, 0.25) is 0 Å². The van der Waals surface area contributed by atoms with Gasteiger partial charge in [-0.25, -0.2) is 4.98 Å². The molecule has 1 N–H and O–H groups in total. The number of hydrogen-bond donors (Lipinski definition) is 1. The van der Waals surface area contributed by atoms with E-state index in [4.69, 9.17) is 4.74 Å². The maximum Gasteiger partial charge on any atom is 0.157 e. The van der Waals surface area contributed by atoms with Crippen molar-refractivity contribution in [2.24, 2.45) is 5.92 Å². The number of hydrogen-bond acceptors (Lipinski definition) is 10. The Morgan fingerprint density at radius 1 is 1.15 bits per heavy atom. The summed E-state index contributed by atoms with van der Waals surface area (Å²) in [4.78, 5) is 20.2. The average molecular weight is 453 g/mol. The maximum absolute atomic E-state index is 11.8. The van der Waals surface area contributed by atoms with Crippen LogP contribution in [0.3, 0.4) is 0 Å². The van der Waals surface area contributed by atoms with E-state index in [9.17, 15) is 4.79 Å². The van der Waals surface area contributed by atoms with Gasteiger partial charge < -0.3 is 14.8 Å². The first-order valence-corrected chi connectivity index (χ1v) is 11.4. The molecule has 2 aliphatic rings. The minimum absolute atomic E-state index is 0.0309. The van der Waals surface area contributed by atoms with Crippen molar-refractivity contribution in [3.05, 3.63) is 36.5 Å². The van der Waals surface area contributed by atoms with Crippen LogP contribution in [-0.2, 0) is 11.4 Å². The van der Waals surface area contributed by atoms with Crippen molar-refractivity contribution in [1.29, 1.82) is 0 Å². The number of tetrazole rings is 1. The predicted molar refractivity (Wildman–Crippen MR) is 117 cm³/mol. The van der Waals surface area contributed by atoms with E-state index in [2.05, 4.69) is 40.9 Å². The first kappa shape index (κ1) is 21.6. The lowest BCUT2D eigenvalue weighted by Crippen LogP contribution is -2.49. The molecule has 5 rings (SSSR count). The molecular formula is C21H28N10O2. The molecule has 0 aromatic carbocycles. The summed E-state index contributed by atoms with van der Waals surface area (Å²) in [5.41, 5.74) is 0.766. The topological polar surface area (TPSA) is 129 Å². The molecule has 2 saturated heterocycles. The quantitative estimate of drug-likeness (QED) is 0.480. The number of likely N-dealkylation sites (tertiary alicyclic amines) is 1. The Morgan fingerprint density at radius 3 is 2.70 bits per heavy atom. The number of pyridine rings is 1. The third kappa shape index (κ3) is 5.06. The largest absolute Gasteiger partial charge is 0.486 e. The van der Waals surface area contributed by atoms with Crippen LogP contribution in [-0.4, -0.2) is 83.6 Å². The number of aldehydes is 1. The number of piperidine rings is 2. The molecule has 33 heavy (non-hydrogen) atoms. The molecule has 2 fully saturated rings. The van der Waals surface area contributed by atoms with E-state index in [0.717, 1.165) is 63.8 Å². The van der Waals surface area contributed by atoms with Crippen LogP contribution in [0.5, 0.6) is 5.75 Å². The first-order valence-electron chi connectivity index (χ1n) is 11.4. The van der Waals surface area contributed by atoms with Gasteiger partial charge in [-0.1, -0.05) is 0 Å². The van der Waals surface area contributed by atoms with E-state index in [1.54, 1.807) is 23.3 Å². The van der Waals surface area contributed by atoms with Crippen molar-refractivity contribution in [2.45, 2.75) is 44.4 Å². The standard InChI is InChI=1S/C21H28N10O2/c32-13-20(16-3-7-22-8-4-16)29-9-5-18(6-10-29)31-25-11-17(26-31)14-33-19-1-2-21(23-12-19)30-15-24-27-28-30/h1-2,11-13,15-16,18,20,22H,3-10,14H2. The minimum Gasteiger partial charge on any atom is -0.486 e. The maximum atomic E-state index is 11.8. The fourth-order valence-corrected chi connectivity index (χ4v) is 4.66. The third-order valence-corrected chi connectivity index (χ3v) is 6.50. The summed E-state index contributed by atoms with van der Waals surface area (Å²) in [7, 11) is 0. The molecule has 3 aromatic heterocycles. The van der Waals surface area contributed by atoms with Crippen LogP contribution in [0.25, 0.3) is 5.82 Å². The highest BCUT2D eigenvalue weighted by Crippen LogP contribution is 2.27. The Bertz CT molecular complexity index is 1010. The van der Waals surface area contributed by atoms with Gasteiger partial charge in [-0.3, -0.25) is 4.90 Å². The van der Waals surface area contributed by atoms with Crippen molar-refractivity contribution in [3.63, 3.8) is 0 Å². The minimum atomic E-state index is 0.0309. The number of carbonyl (C=O) groups is 1. The van der Waals surface area contributed by atoms with Crippen molar-refractivity contribution < 1.29 is 9.53 Å². The second kappa shape index (κ2) is 10.1. The van der Waals surface area contributed by atoms with Gasteiger partial charge in [0.1, 0.15) is 30.7 Å². The van der Waals surface area contributed by atoms with Crippen LogP contribution in [0.4, 0.5) is 0 Å². The summed E-state index contributed by atoms with van der Waals surface area (Å²) < 4.78 is 7.28. The summed E-state index contributed by atoms with van der Waals surface area (Å²) in [5.74, 6) is 1.71. The number of nitrogens with zero attached hydrogens (tertiary/aromatic N) is 9. The van der Waals surface area contributed by atoms with E-state index < -0.39 is 0 Å². The van der Waals surface area contributed by atoms with Gasteiger partial charge in [0.25, 0.3) is 0 Å². The lowest BCUT2D eigenvalue weighted by Gasteiger charge is -2.39. The zero-order valence-corrected chi connectivity index (χ0v) is 18.4. The molecule has 0 amide bonds. The molecule has 1 unspecified atom stereocenters. The Balaban J connectivity index is 1.12. The van der Waals surface area contributed by atoms with Crippen LogP contribution >= 0.6 is 0 Å². The first-order chi connectivity index (χ1) is 16.3. The van der Waals surface area contributed by atoms with Crippen molar-refractivity contribution in [3.8, 4) is 11.6 Å². The van der Waals surface area contributed by atoms with Gasteiger partial charge in [0, 0.05) is 13.1 Å². The van der Waals surface area contributed by atoms with Crippen LogP contribution in [0.1, 0.15) is 37.4 Å². The van der Waals surface area contributed by atoms with Gasteiger partial charge >= 0.3 is 0 Å². The Morgan fingerprint density at radius 2 is 2.00 bits per heavy atom. The van der Waals surface area contributed by atoms with E-state index in [1.807, 2.05) is 6.07 Å². The number of aromatic nitrogens is 8. The fraction of sp³-hybridized carbons (Fsp3) is 0.571. The third-order valence-electron chi connectivity index (χ3n) is 6.50. The summed E-state index contributed by atoms with van der Waals surface area (Å²) in [5, 5.41) is 23.5. The smallest absolute Gasteiger partial charge is 0.157 e. The Kier molecular flexibility index (Phi) is 6.63. The normalized spacial score (nSPS) is 19.4. The lowest BCUT2D eigenvalue weighted by atomic mass is 9.88. The van der Waals surface area contributed by atoms with Gasteiger partial charge in [-0.15, -0.1) is 5.10 Å². The lowest BCUT2D eigenvalue weighted by molar-refractivity contribution is -0.115. The molecule has 2 aliphatic heterocycles. The molecule has 0 aliphatic carbocycles. The molecule has 5 heterocycles. The molecule has 0 radical (unpaired) electrons. The van der Waals surface area contributed by atoms with Crippen molar-refractivity contribution >= 4 is 6.29 Å². The highest BCUT2D eigenvalue weighted by Gasteiger charge is 2.32. The number of ether oxygens (including phenoxy) is 1. The molecule has 0 saturated carbocycles. The monoisotopic (exact) mass is 452 g/mol. The van der Waals surface area contributed by atoms with Crippen LogP contribution in [0, 0.1) is 5.92 Å². The second-order valence-electron chi connectivity index (χ2n) is 8.53. The zero-order chi connectivity index (χ0) is 22.5. The highest BCUT2D eigenvalue weighted by molar-refractivity contribution is 5.58. The van der Waals surface area contributed by atoms with E-state index >= 15 is 0 Å². The highest BCUT2D eigenvalue weighted by atomic mass is 16.5. The van der Waals surface area contributed by atoms with Gasteiger partial charge in [0.2, 0.25) is 0 Å². The summed E-state index contributed by atoms with van der Waals surface area (Å²) in [6.07, 6.45) is 10.0. The second-order valence-corrected chi connectivity index (χ2v) is 8.53. The van der Waals surface area contributed by atoms with E-state index in [-0.39, 0.29) is 12.1 Å². The van der Waals surface area contributed by atoms with Crippen molar-refractivity contribution in [1.82, 2.24) is 50.4 Å². The van der Waals surface area contributed by atoms with E-state index in [1.165, 1.54) is 11.0 Å². The predicted octanol–water partition coefficient (Wildman–Crippen LogP) is 0.432. The molecule has 0 spiro atoms. The summed E-state index contributed by atoms with van der Waals surface area (Å²) in [6.45, 7) is 4.11. The number of rotatable bonds is 8. The molecule has 12 nitrogen and oxygen atoms in total. The molecule has 3 aromatic rings. The van der Waals surface area contributed by atoms with Gasteiger partial charge in [0.05, 0.1) is 24.5 Å². The van der Waals surface area contributed by atoms with Gasteiger partial charge in [-0.2, -0.15) is 19.7 Å². The molecule has 1 atom stereocenters. The number of nitrogens with one attached hydrogen (secondary N) is 1. The van der Waals surface area contributed by atoms with Gasteiger partial charge in [-0.05, 0) is 67.3 Å². The van der Waals surface area contributed by atoms with Crippen LogP contribution in [0.15, 0.2) is 30.9 Å². The zero-order valence-electron chi connectivity index (χ0n) is 18.4. The molecule has 174 valence electrons. The number of carbonyl (C=O) groups excluding carboxylic acids is 1.